The molecule has 0 aliphatic heterocycles. The van der Waals surface area contributed by atoms with Gasteiger partial charge in [-0.25, -0.2) is 9.97 Å². The van der Waals surface area contributed by atoms with E-state index in [1.54, 1.807) is 6.08 Å². The van der Waals surface area contributed by atoms with Crippen LogP contribution in [-0.4, -0.2) is 41.8 Å². The van der Waals surface area contributed by atoms with Gasteiger partial charge in [0.25, 0.3) is 0 Å². The molecule has 2 N–H and O–H groups in total. The molecule has 17 heavy (non-hydrogen) atoms. The zero-order chi connectivity index (χ0) is 12.7. The SMILES string of the molecule is C=CCN(CCO)c1ncc(CNC)c(C)n1. The van der Waals surface area contributed by atoms with E-state index < -0.39 is 0 Å². The molecule has 0 aliphatic carbocycles. The molecule has 0 aliphatic rings. The molecule has 0 aromatic carbocycles. The Morgan fingerprint density at radius 2 is 2.35 bits per heavy atom. The second-order valence-corrected chi connectivity index (χ2v) is 3.77. The first-order valence-corrected chi connectivity index (χ1v) is 5.66. The number of hydrogen-bond acceptors (Lipinski definition) is 5. The van der Waals surface area contributed by atoms with Crippen molar-refractivity contribution in [3.63, 3.8) is 0 Å². The fourth-order valence-electron chi connectivity index (χ4n) is 1.55. The number of nitrogens with one attached hydrogen (secondary N) is 1. The molecule has 1 heterocycles. The maximum atomic E-state index is 8.99. The molecule has 1 rings (SSSR count). The molecule has 0 radical (unpaired) electrons. The maximum absolute atomic E-state index is 8.99. The number of anilines is 1. The summed E-state index contributed by atoms with van der Waals surface area (Å²) in [4.78, 5) is 10.6. The highest BCUT2D eigenvalue weighted by atomic mass is 16.3. The van der Waals surface area contributed by atoms with Gasteiger partial charge >= 0.3 is 0 Å². The van der Waals surface area contributed by atoms with Gasteiger partial charge in [-0.3, -0.25) is 0 Å². The summed E-state index contributed by atoms with van der Waals surface area (Å²) in [6, 6.07) is 0. The van der Waals surface area contributed by atoms with Gasteiger partial charge in [-0.15, -0.1) is 6.58 Å². The minimum absolute atomic E-state index is 0.0779. The summed E-state index contributed by atoms with van der Waals surface area (Å²) < 4.78 is 0. The highest BCUT2D eigenvalue weighted by Crippen LogP contribution is 2.10. The largest absolute Gasteiger partial charge is 0.395 e. The summed E-state index contributed by atoms with van der Waals surface area (Å²) in [5, 5.41) is 12.1. The van der Waals surface area contributed by atoms with Crippen molar-refractivity contribution in [3.8, 4) is 0 Å². The first-order valence-electron chi connectivity index (χ1n) is 5.66. The average Bonchev–Trinajstić information content (AvgIpc) is 2.32. The number of rotatable bonds is 7. The molecule has 94 valence electrons. The van der Waals surface area contributed by atoms with Crippen LogP contribution in [0.1, 0.15) is 11.3 Å². The first kappa shape index (κ1) is 13.6. The second kappa shape index (κ2) is 6.98. The van der Waals surface area contributed by atoms with Crippen molar-refractivity contribution >= 4 is 5.95 Å². The lowest BCUT2D eigenvalue weighted by Gasteiger charge is -2.20. The smallest absolute Gasteiger partial charge is 0.225 e. The molecule has 0 saturated heterocycles. The summed E-state index contributed by atoms with van der Waals surface area (Å²) in [6.07, 6.45) is 3.59. The highest BCUT2D eigenvalue weighted by Gasteiger charge is 2.09. The Bertz CT molecular complexity index is 368. The van der Waals surface area contributed by atoms with E-state index in [1.807, 2.05) is 25.1 Å². The Morgan fingerprint density at radius 1 is 1.59 bits per heavy atom. The number of aromatic nitrogens is 2. The number of hydrogen-bond donors (Lipinski definition) is 2. The Balaban J connectivity index is 2.88. The van der Waals surface area contributed by atoms with Crippen molar-refractivity contribution in [2.45, 2.75) is 13.5 Å². The van der Waals surface area contributed by atoms with Crippen LogP contribution in [0.3, 0.4) is 0 Å². The average molecular weight is 236 g/mol. The molecular formula is C12H20N4O. The number of aryl methyl sites for hydroxylation is 1. The van der Waals surface area contributed by atoms with Gasteiger partial charge < -0.3 is 15.3 Å². The van der Waals surface area contributed by atoms with Crippen molar-refractivity contribution in [1.29, 1.82) is 0 Å². The molecule has 5 heteroatoms. The van der Waals surface area contributed by atoms with Gasteiger partial charge in [-0.2, -0.15) is 0 Å². The van der Waals surface area contributed by atoms with E-state index in [0.29, 0.717) is 19.0 Å². The van der Waals surface area contributed by atoms with E-state index in [2.05, 4.69) is 21.9 Å². The molecule has 1 aromatic rings. The van der Waals surface area contributed by atoms with E-state index >= 15 is 0 Å². The van der Waals surface area contributed by atoms with E-state index in [0.717, 1.165) is 17.8 Å². The maximum Gasteiger partial charge on any atom is 0.225 e. The standard InChI is InChI=1S/C12H20N4O/c1-4-5-16(6-7-17)12-14-9-11(8-13-3)10(2)15-12/h4,9,13,17H,1,5-8H2,2-3H3. The monoisotopic (exact) mass is 236 g/mol. The van der Waals surface area contributed by atoms with Crippen LogP contribution >= 0.6 is 0 Å². The molecular weight excluding hydrogens is 216 g/mol. The quantitative estimate of drug-likeness (QED) is 0.675. The topological polar surface area (TPSA) is 61.3 Å². The molecule has 1 aromatic heterocycles. The summed E-state index contributed by atoms with van der Waals surface area (Å²) in [5.74, 6) is 0.635. The van der Waals surface area contributed by atoms with Crippen LogP contribution in [0.25, 0.3) is 0 Å². The van der Waals surface area contributed by atoms with Crippen LogP contribution in [0.5, 0.6) is 0 Å². The first-order chi connectivity index (χ1) is 8.22. The van der Waals surface area contributed by atoms with Gasteiger partial charge in [0.1, 0.15) is 0 Å². The van der Waals surface area contributed by atoms with Crippen LogP contribution < -0.4 is 10.2 Å². The molecule has 0 fully saturated rings. The second-order valence-electron chi connectivity index (χ2n) is 3.77. The van der Waals surface area contributed by atoms with Crippen molar-refractivity contribution in [1.82, 2.24) is 15.3 Å². The summed E-state index contributed by atoms with van der Waals surface area (Å²) in [7, 11) is 1.89. The zero-order valence-electron chi connectivity index (χ0n) is 10.5. The van der Waals surface area contributed by atoms with Gasteiger partial charge in [0.05, 0.1) is 6.61 Å². The third kappa shape index (κ3) is 3.80. The normalized spacial score (nSPS) is 10.3. The van der Waals surface area contributed by atoms with Crippen LogP contribution in [0.4, 0.5) is 5.95 Å². The Hall–Kier alpha value is -1.46. The highest BCUT2D eigenvalue weighted by molar-refractivity contribution is 5.33. The lowest BCUT2D eigenvalue weighted by Crippen LogP contribution is -2.29. The predicted molar refractivity (Wildman–Crippen MR) is 69.0 cm³/mol. The van der Waals surface area contributed by atoms with Crippen molar-refractivity contribution in [2.24, 2.45) is 0 Å². The van der Waals surface area contributed by atoms with Crippen molar-refractivity contribution < 1.29 is 5.11 Å². The van der Waals surface area contributed by atoms with Crippen molar-refractivity contribution in [2.75, 3.05) is 31.6 Å². The minimum Gasteiger partial charge on any atom is -0.395 e. The Kier molecular flexibility index (Phi) is 5.59. The molecule has 0 amide bonds. The molecule has 0 atom stereocenters. The molecule has 5 nitrogen and oxygen atoms in total. The number of nitrogens with zero attached hydrogens (tertiary/aromatic N) is 3. The van der Waals surface area contributed by atoms with Crippen molar-refractivity contribution in [3.05, 3.63) is 30.1 Å². The zero-order valence-corrected chi connectivity index (χ0v) is 10.5. The summed E-state index contributed by atoms with van der Waals surface area (Å²) in [5.41, 5.74) is 2.04. The van der Waals surface area contributed by atoms with E-state index in [4.69, 9.17) is 5.11 Å². The Labute approximate surface area is 102 Å². The van der Waals surface area contributed by atoms with Crippen LogP contribution in [0, 0.1) is 6.92 Å². The van der Waals surface area contributed by atoms with E-state index in [-0.39, 0.29) is 6.61 Å². The summed E-state index contributed by atoms with van der Waals surface area (Å²) >= 11 is 0. The minimum atomic E-state index is 0.0779. The molecule has 0 unspecified atom stereocenters. The number of aliphatic hydroxyl groups is 1. The fourth-order valence-corrected chi connectivity index (χ4v) is 1.55. The third-order valence-corrected chi connectivity index (χ3v) is 2.44. The van der Waals surface area contributed by atoms with Gasteiger partial charge in [-0.1, -0.05) is 6.08 Å². The van der Waals surface area contributed by atoms with Crippen LogP contribution in [-0.2, 0) is 6.54 Å². The lowest BCUT2D eigenvalue weighted by atomic mass is 10.2. The fraction of sp³-hybridized carbons (Fsp3) is 0.500. The summed E-state index contributed by atoms with van der Waals surface area (Å²) in [6.45, 7) is 7.63. The lowest BCUT2D eigenvalue weighted by molar-refractivity contribution is 0.302. The van der Waals surface area contributed by atoms with Gasteiger partial charge in [0.2, 0.25) is 5.95 Å². The van der Waals surface area contributed by atoms with Gasteiger partial charge in [0, 0.05) is 37.1 Å². The van der Waals surface area contributed by atoms with E-state index in [1.165, 1.54) is 0 Å². The third-order valence-electron chi connectivity index (χ3n) is 2.44. The van der Waals surface area contributed by atoms with Crippen LogP contribution in [0.15, 0.2) is 18.9 Å². The van der Waals surface area contributed by atoms with E-state index in [9.17, 15) is 0 Å². The molecule has 0 saturated carbocycles. The molecule has 0 bridgehead atoms. The van der Waals surface area contributed by atoms with Gasteiger partial charge in [0.15, 0.2) is 0 Å². The van der Waals surface area contributed by atoms with Gasteiger partial charge in [-0.05, 0) is 14.0 Å². The Morgan fingerprint density at radius 3 is 2.88 bits per heavy atom. The predicted octanol–water partition coefficient (Wildman–Crippen LogP) is 0.489. The van der Waals surface area contributed by atoms with Crippen LogP contribution in [0.2, 0.25) is 0 Å². The molecule has 0 spiro atoms. The number of aliphatic hydroxyl groups excluding tert-OH is 1.